The molecule has 0 atom stereocenters. The Morgan fingerprint density at radius 2 is 1.06 bits per heavy atom. The monoisotopic (exact) mass is 441 g/mol. The average Bonchev–Trinajstić information content (AvgIpc) is 2.71. The molecule has 158 valence electrons. The molecular formula is C26H33LiNOPSi. The first-order chi connectivity index (χ1) is 14.2. The van der Waals surface area contributed by atoms with E-state index in [0.29, 0.717) is 11.8 Å². The molecule has 3 rings (SSSR count). The second-order valence-corrected chi connectivity index (χ2v) is 14.6. The summed E-state index contributed by atoms with van der Waals surface area (Å²) in [5.41, 5.74) is 3.72. The number of rotatable bonds is 7. The van der Waals surface area contributed by atoms with Crippen molar-refractivity contribution >= 4 is 32.8 Å². The van der Waals surface area contributed by atoms with Crippen LogP contribution in [-0.2, 0) is 0 Å². The maximum Gasteiger partial charge on any atom is 1.00 e. The van der Waals surface area contributed by atoms with Crippen molar-refractivity contribution in [3.05, 3.63) is 90.0 Å². The molecule has 0 spiro atoms. The minimum Gasteiger partial charge on any atom is -0.843 e. The zero-order valence-corrected chi connectivity index (χ0v) is 21.9. The van der Waals surface area contributed by atoms with Crippen LogP contribution in [0.2, 0.25) is 13.1 Å². The molecule has 0 unspecified atom stereocenters. The van der Waals surface area contributed by atoms with Crippen LogP contribution in [0.5, 0.6) is 0 Å². The zero-order chi connectivity index (χ0) is 21.9. The van der Waals surface area contributed by atoms with Gasteiger partial charge < -0.3 is 9.13 Å². The van der Waals surface area contributed by atoms with Gasteiger partial charge in [-0.15, -0.1) is 0 Å². The fourth-order valence-electron chi connectivity index (χ4n) is 3.88. The van der Waals surface area contributed by atoms with Crippen molar-refractivity contribution in [2.75, 3.05) is 4.34 Å². The number of anilines is 1. The zero-order valence-electron chi connectivity index (χ0n) is 20.0. The second kappa shape index (κ2) is 11.0. The number of nitrogens with zero attached hydrogens (tertiary/aromatic N) is 1. The first-order valence-corrected chi connectivity index (χ1v) is 14.9. The van der Waals surface area contributed by atoms with E-state index in [-0.39, 0.29) is 18.9 Å². The molecular weight excluding hydrogens is 408 g/mol. The molecule has 0 fully saturated rings. The molecule has 2 nitrogen and oxygen atoms in total. The van der Waals surface area contributed by atoms with Crippen LogP contribution in [0.3, 0.4) is 0 Å². The van der Waals surface area contributed by atoms with Crippen LogP contribution < -0.4 is 38.6 Å². The Labute approximate surface area is 202 Å². The summed E-state index contributed by atoms with van der Waals surface area (Å²) in [6, 6.07) is 27.7. The van der Waals surface area contributed by atoms with Gasteiger partial charge in [0.25, 0.3) is 0 Å². The minimum absolute atomic E-state index is 0. The van der Waals surface area contributed by atoms with Crippen molar-refractivity contribution in [2.45, 2.75) is 52.6 Å². The van der Waals surface area contributed by atoms with Gasteiger partial charge >= 0.3 is 18.9 Å². The van der Waals surface area contributed by atoms with Crippen molar-refractivity contribution in [3.8, 4) is 0 Å². The number of benzene rings is 3. The summed E-state index contributed by atoms with van der Waals surface area (Å²) in [7, 11) is -3.98. The molecule has 0 bridgehead atoms. The van der Waals surface area contributed by atoms with Crippen LogP contribution in [0.4, 0.5) is 5.69 Å². The van der Waals surface area contributed by atoms with E-state index in [1.54, 1.807) is 0 Å². The van der Waals surface area contributed by atoms with Crippen LogP contribution in [0.25, 0.3) is 0 Å². The van der Waals surface area contributed by atoms with E-state index in [1.807, 2.05) is 25.2 Å². The number of hydrogen-bond donors (Lipinski definition) is 0. The summed E-state index contributed by atoms with van der Waals surface area (Å²) < 4.78 is 2.32. The average molecular weight is 442 g/mol. The molecule has 3 aromatic carbocycles. The minimum atomic E-state index is -3.00. The molecule has 0 heterocycles. The summed E-state index contributed by atoms with van der Waals surface area (Å²) in [5.74, 6) is 0.696. The second-order valence-electron chi connectivity index (χ2n) is 8.84. The van der Waals surface area contributed by atoms with Gasteiger partial charge in [-0.2, -0.15) is 0 Å². The molecule has 0 saturated carbocycles. The van der Waals surface area contributed by atoms with Gasteiger partial charge in [-0.05, 0) is 33.6 Å². The predicted molar refractivity (Wildman–Crippen MR) is 134 cm³/mol. The van der Waals surface area contributed by atoms with Gasteiger partial charge in [0, 0.05) is 13.8 Å². The van der Waals surface area contributed by atoms with Crippen molar-refractivity contribution < 1.29 is 23.7 Å². The standard InChI is InChI=1S/C26H33NOPSi.Li/c1-20(2)24-18-13-19-25(21(3)4)26(24)27(30(5,6)28)29(22-14-9-7-10-15-22)23-16-11-8-12-17-23;/h7-21H,1-6H3;/q-1;+1. The molecule has 0 aromatic heterocycles. The van der Waals surface area contributed by atoms with Crippen LogP contribution in [-0.4, -0.2) is 8.48 Å². The summed E-state index contributed by atoms with van der Waals surface area (Å²) in [6.07, 6.45) is 0. The first kappa shape index (κ1) is 25.9. The third-order valence-electron chi connectivity index (χ3n) is 5.27. The Balaban J connectivity index is 0.00000341. The molecule has 0 aliphatic heterocycles. The van der Waals surface area contributed by atoms with Gasteiger partial charge in [-0.25, -0.2) is 0 Å². The first-order valence-electron chi connectivity index (χ1n) is 10.8. The van der Waals surface area contributed by atoms with Crippen molar-refractivity contribution in [3.63, 3.8) is 0 Å². The van der Waals surface area contributed by atoms with E-state index >= 15 is 0 Å². The van der Waals surface area contributed by atoms with Gasteiger partial charge in [-0.3, -0.25) is 0 Å². The van der Waals surface area contributed by atoms with Gasteiger partial charge in [0.1, 0.15) is 0 Å². The smallest absolute Gasteiger partial charge is 0.843 e. The van der Waals surface area contributed by atoms with Crippen LogP contribution in [0.1, 0.15) is 50.7 Å². The molecule has 0 aliphatic carbocycles. The molecule has 0 saturated heterocycles. The molecule has 0 aliphatic rings. The van der Waals surface area contributed by atoms with E-state index in [9.17, 15) is 4.80 Å². The Morgan fingerprint density at radius 3 is 1.39 bits per heavy atom. The SMILES string of the molecule is CC(C)c1cccc(C(C)C)c1N(P(c1ccccc1)c1ccccc1)[Si](C)(C)[O-].[Li+]. The van der Waals surface area contributed by atoms with E-state index in [4.69, 9.17) is 0 Å². The van der Waals surface area contributed by atoms with Crippen LogP contribution in [0.15, 0.2) is 78.9 Å². The Morgan fingerprint density at radius 1 is 0.677 bits per heavy atom. The predicted octanol–water partition coefficient (Wildman–Crippen LogP) is 2.85. The van der Waals surface area contributed by atoms with Crippen molar-refractivity contribution in [1.29, 1.82) is 0 Å². The Bertz CT molecular complexity index is 892. The molecule has 3 aromatic rings. The van der Waals surface area contributed by atoms with E-state index in [2.05, 4.69) is 98.8 Å². The largest absolute Gasteiger partial charge is 1.00 e. The molecule has 5 heteroatoms. The van der Waals surface area contributed by atoms with Crippen LogP contribution in [0, 0.1) is 0 Å². The normalized spacial score (nSPS) is 11.7. The molecule has 0 radical (unpaired) electrons. The van der Waals surface area contributed by atoms with Gasteiger partial charge in [0.05, 0.1) is 8.48 Å². The third-order valence-corrected chi connectivity index (χ3v) is 10.7. The summed E-state index contributed by atoms with van der Waals surface area (Å²) in [6.45, 7) is 12.8. The maximum absolute atomic E-state index is 14.0. The Hall–Kier alpha value is -1.34. The number of para-hydroxylation sites is 1. The van der Waals surface area contributed by atoms with Crippen LogP contribution >= 0.6 is 8.07 Å². The van der Waals surface area contributed by atoms with Gasteiger partial charge in [-0.1, -0.05) is 120 Å². The van der Waals surface area contributed by atoms with E-state index in [1.165, 1.54) is 27.4 Å². The summed E-state index contributed by atoms with van der Waals surface area (Å²) in [4.78, 5) is 14.0. The van der Waals surface area contributed by atoms with Crippen molar-refractivity contribution in [1.82, 2.24) is 0 Å². The van der Waals surface area contributed by atoms with E-state index in [0.717, 1.165) is 0 Å². The summed E-state index contributed by atoms with van der Waals surface area (Å²) >= 11 is 0. The maximum atomic E-state index is 14.0. The van der Waals surface area contributed by atoms with Crippen molar-refractivity contribution in [2.24, 2.45) is 0 Å². The molecule has 31 heavy (non-hydrogen) atoms. The Kier molecular flexibility index (Phi) is 9.19. The molecule has 0 N–H and O–H groups in total. The van der Waals surface area contributed by atoms with Gasteiger partial charge in [0.2, 0.25) is 0 Å². The van der Waals surface area contributed by atoms with Gasteiger partial charge in [0.15, 0.2) is 0 Å². The third kappa shape index (κ3) is 5.92. The fraction of sp³-hybridized carbons (Fsp3) is 0.308. The van der Waals surface area contributed by atoms with E-state index < -0.39 is 16.6 Å². The quantitative estimate of drug-likeness (QED) is 0.416. The molecule has 0 amide bonds. The summed E-state index contributed by atoms with van der Waals surface area (Å²) in [5, 5.41) is 2.45. The number of hydrogen-bond acceptors (Lipinski definition) is 2. The fourth-order valence-corrected chi connectivity index (χ4v) is 9.40. The topological polar surface area (TPSA) is 26.3 Å².